The molecule has 0 aliphatic carbocycles. The largest absolute Gasteiger partial charge is 0.476 e. The Morgan fingerprint density at radius 2 is 2.22 bits per heavy atom. The third-order valence-electron chi connectivity index (χ3n) is 5.39. The number of likely N-dealkylation sites (tertiary alicyclic amines) is 1. The third-order valence-corrected chi connectivity index (χ3v) is 5.39. The number of carbonyl (C=O) groups excluding carboxylic acids is 1. The summed E-state index contributed by atoms with van der Waals surface area (Å²) in [5, 5.41) is 0. The van der Waals surface area contributed by atoms with Crippen LogP contribution in [0.15, 0.2) is 36.7 Å². The van der Waals surface area contributed by atoms with Crippen LogP contribution in [-0.4, -0.2) is 52.7 Å². The lowest BCUT2D eigenvalue weighted by Crippen LogP contribution is -2.66. The topological polar surface area (TPSA) is 64.6 Å². The molecule has 1 amide bonds. The van der Waals surface area contributed by atoms with E-state index in [1.165, 1.54) is 18.3 Å². The molecule has 0 N–H and O–H groups in total. The first kappa shape index (κ1) is 17.9. The molecule has 2 fully saturated rings. The summed E-state index contributed by atoms with van der Waals surface area (Å²) in [6.45, 7) is 4.09. The summed E-state index contributed by atoms with van der Waals surface area (Å²) in [7, 11) is 0. The maximum Gasteiger partial charge on any atom is 0.255 e. The molecular formula is C20H22FN3O3. The van der Waals surface area contributed by atoms with Crippen molar-refractivity contribution in [1.29, 1.82) is 0 Å². The molecule has 0 saturated carbocycles. The molecule has 0 unspecified atom stereocenters. The molecule has 142 valence electrons. The number of hydrogen-bond donors (Lipinski definition) is 0. The molecular weight excluding hydrogens is 349 g/mol. The highest BCUT2D eigenvalue weighted by atomic mass is 19.1. The molecule has 1 spiro atoms. The van der Waals surface area contributed by atoms with Crippen LogP contribution in [0.2, 0.25) is 0 Å². The Morgan fingerprint density at radius 3 is 2.96 bits per heavy atom. The van der Waals surface area contributed by atoms with Crippen molar-refractivity contribution in [3.63, 3.8) is 0 Å². The zero-order valence-electron chi connectivity index (χ0n) is 15.2. The fourth-order valence-corrected chi connectivity index (χ4v) is 3.84. The first-order valence-electron chi connectivity index (χ1n) is 9.17. The minimum absolute atomic E-state index is 0.0193. The quantitative estimate of drug-likeness (QED) is 0.808. The van der Waals surface area contributed by atoms with Crippen LogP contribution in [-0.2, 0) is 4.74 Å². The van der Waals surface area contributed by atoms with E-state index in [0.29, 0.717) is 31.9 Å². The van der Waals surface area contributed by atoms with Gasteiger partial charge >= 0.3 is 0 Å². The predicted octanol–water partition coefficient (Wildman–Crippen LogP) is 2.62. The van der Waals surface area contributed by atoms with E-state index >= 15 is 0 Å². The number of hydrogen-bond acceptors (Lipinski definition) is 5. The first-order chi connectivity index (χ1) is 13.1. The maximum atomic E-state index is 13.6. The first-order valence-corrected chi connectivity index (χ1v) is 9.17. The number of ether oxygens (including phenoxy) is 2. The Balaban J connectivity index is 1.32. The molecule has 2 aliphatic rings. The smallest absolute Gasteiger partial charge is 0.255 e. The Hall–Kier alpha value is -2.54. The normalized spacial score (nSPS) is 20.5. The van der Waals surface area contributed by atoms with Crippen molar-refractivity contribution in [2.45, 2.75) is 25.4 Å². The van der Waals surface area contributed by atoms with Gasteiger partial charge in [-0.05, 0) is 49.9 Å². The third kappa shape index (κ3) is 3.51. The second kappa shape index (κ2) is 7.23. The van der Waals surface area contributed by atoms with E-state index in [9.17, 15) is 9.18 Å². The second-order valence-corrected chi connectivity index (χ2v) is 7.18. The highest BCUT2D eigenvalue weighted by molar-refractivity contribution is 5.94. The predicted molar refractivity (Wildman–Crippen MR) is 96.0 cm³/mol. The summed E-state index contributed by atoms with van der Waals surface area (Å²) in [6.07, 6.45) is 4.78. The Morgan fingerprint density at radius 1 is 1.37 bits per heavy atom. The van der Waals surface area contributed by atoms with Gasteiger partial charge in [0.05, 0.1) is 25.3 Å². The average Bonchev–Trinajstić information content (AvgIpc) is 3.06. The Labute approximate surface area is 157 Å². The summed E-state index contributed by atoms with van der Waals surface area (Å²) < 4.78 is 25.1. The van der Waals surface area contributed by atoms with E-state index in [1.807, 2.05) is 13.0 Å². The van der Waals surface area contributed by atoms with Crippen LogP contribution in [0.25, 0.3) is 0 Å². The summed E-state index contributed by atoms with van der Waals surface area (Å²) >= 11 is 0. The van der Waals surface area contributed by atoms with Crippen molar-refractivity contribution in [3.05, 3.63) is 53.7 Å². The minimum atomic E-state index is -0.456. The SMILES string of the molecule is Cc1ccc(C(=O)N2CC3(C2)OCC[C@H]3CCOc2ncccc2F)cn1. The van der Waals surface area contributed by atoms with Gasteiger partial charge in [-0.2, -0.15) is 0 Å². The number of halogens is 1. The van der Waals surface area contributed by atoms with Gasteiger partial charge in [0.15, 0.2) is 5.82 Å². The summed E-state index contributed by atoms with van der Waals surface area (Å²) in [4.78, 5) is 22.5. The minimum Gasteiger partial charge on any atom is -0.476 e. The molecule has 7 heteroatoms. The summed E-state index contributed by atoms with van der Waals surface area (Å²) in [6, 6.07) is 6.51. The highest BCUT2D eigenvalue weighted by Crippen LogP contribution is 2.42. The van der Waals surface area contributed by atoms with Gasteiger partial charge in [0.1, 0.15) is 5.60 Å². The van der Waals surface area contributed by atoms with Crippen LogP contribution in [0.3, 0.4) is 0 Å². The molecule has 1 atom stereocenters. The van der Waals surface area contributed by atoms with Crippen molar-refractivity contribution >= 4 is 5.91 Å². The van der Waals surface area contributed by atoms with Crippen LogP contribution in [0.1, 0.15) is 28.9 Å². The van der Waals surface area contributed by atoms with Gasteiger partial charge in [-0.25, -0.2) is 9.37 Å². The van der Waals surface area contributed by atoms with Crippen molar-refractivity contribution < 1.29 is 18.7 Å². The number of rotatable bonds is 5. The molecule has 2 aromatic rings. The number of aromatic nitrogens is 2. The summed E-state index contributed by atoms with van der Waals surface area (Å²) in [5.41, 5.74) is 1.17. The molecule has 4 rings (SSSR count). The molecule has 27 heavy (non-hydrogen) atoms. The van der Waals surface area contributed by atoms with E-state index in [0.717, 1.165) is 18.5 Å². The average molecular weight is 371 g/mol. The molecule has 0 bridgehead atoms. The number of amides is 1. The standard InChI is InChI=1S/C20H22FN3O3/c1-14-4-5-15(11-23-14)19(25)24-12-20(13-24)16(7-10-27-20)6-9-26-18-17(21)3-2-8-22-18/h2-5,8,11,16H,6-7,9-10,12-13H2,1H3/t16-/m1/s1. The van der Waals surface area contributed by atoms with Gasteiger partial charge in [0.2, 0.25) is 5.88 Å². The molecule has 2 saturated heterocycles. The van der Waals surface area contributed by atoms with Crippen molar-refractivity contribution in [1.82, 2.24) is 14.9 Å². The molecule has 2 aromatic heterocycles. The van der Waals surface area contributed by atoms with E-state index in [-0.39, 0.29) is 23.3 Å². The second-order valence-electron chi connectivity index (χ2n) is 7.18. The van der Waals surface area contributed by atoms with Crippen molar-refractivity contribution in [2.24, 2.45) is 5.92 Å². The van der Waals surface area contributed by atoms with Crippen LogP contribution in [0.5, 0.6) is 5.88 Å². The fourth-order valence-electron chi connectivity index (χ4n) is 3.84. The molecule has 6 nitrogen and oxygen atoms in total. The lowest BCUT2D eigenvalue weighted by atomic mass is 9.79. The summed E-state index contributed by atoms with van der Waals surface area (Å²) in [5.74, 6) is -0.164. The number of pyridine rings is 2. The zero-order chi connectivity index (χ0) is 18.9. The molecule has 0 radical (unpaired) electrons. The number of aryl methyl sites for hydroxylation is 1. The zero-order valence-corrected chi connectivity index (χ0v) is 15.2. The van der Waals surface area contributed by atoms with Gasteiger partial charge in [0.25, 0.3) is 5.91 Å². The fraction of sp³-hybridized carbons (Fsp3) is 0.450. The van der Waals surface area contributed by atoms with Gasteiger partial charge in [-0.3, -0.25) is 9.78 Å². The molecule has 4 heterocycles. The highest BCUT2D eigenvalue weighted by Gasteiger charge is 2.54. The lowest BCUT2D eigenvalue weighted by molar-refractivity contribution is -0.119. The van der Waals surface area contributed by atoms with E-state index in [1.54, 1.807) is 17.2 Å². The van der Waals surface area contributed by atoms with E-state index in [4.69, 9.17) is 9.47 Å². The Kier molecular flexibility index (Phi) is 4.78. The van der Waals surface area contributed by atoms with Crippen LogP contribution in [0.4, 0.5) is 4.39 Å². The number of carbonyl (C=O) groups is 1. The van der Waals surface area contributed by atoms with Crippen LogP contribution >= 0.6 is 0 Å². The van der Waals surface area contributed by atoms with Gasteiger partial charge in [-0.1, -0.05) is 0 Å². The van der Waals surface area contributed by atoms with E-state index in [2.05, 4.69) is 9.97 Å². The molecule has 2 aliphatic heterocycles. The van der Waals surface area contributed by atoms with Crippen LogP contribution in [0, 0.1) is 18.7 Å². The van der Waals surface area contributed by atoms with Crippen molar-refractivity contribution in [2.75, 3.05) is 26.3 Å². The van der Waals surface area contributed by atoms with Crippen LogP contribution < -0.4 is 4.74 Å². The van der Waals surface area contributed by atoms with Crippen molar-refractivity contribution in [3.8, 4) is 5.88 Å². The number of nitrogens with zero attached hydrogens (tertiary/aromatic N) is 3. The monoisotopic (exact) mass is 371 g/mol. The Bertz CT molecular complexity index is 821. The maximum absolute atomic E-state index is 13.6. The lowest BCUT2D eigenvalue weighted by Gasteiger charge is -2.50. The van der Waals surface area contributed by atoms with Gasteiger partial charge < -0.3 is 14.4 Å². The molecule has 0 aromatic carbocycles. The van der Waals surface area contributed by atoms with Gasteiger partial charge in [0, 0.05) is 24.7 Å². The van der Waals surface area contributed by atoms with Gasteiger partial charge in [-0.15, -0.1) is 0 Å². The van der Waals surface area contributed by atoms with E-state index < -0.39 is 5.82 Å².